The molecule has 0 spiro atoms. The van der Waals surface area contributed by atoms with Crippen LogP contribution in [0.5, 0.6) is 5.75 Å². The van der Waals surface area contributed by atoms with Crippen molar-refractivity contribution in [2.75, 3.05) is 0 Å². The molecule has 2 aromatic rings. The van der Waals surface area contributed by atoms with E-state index >= 15 is 0 Å². The fourth-order valence-electron chi connectivity index (χ4n) is 2.10. The molecule has 0 aliphatic carbocycles. The van der Waals surface area contributed by atoms with E-state index in [0.29, 0.717) is 6.61 Å². The van der Waals surface area contributed by atoms with Gasteiger partial charge in [-0.3, -0.25) is 0 Å². The average Bonchev–Trinajstić information content (AvgIpc) is 2.47. The Hall–Kier alpha value is -1.80. The van der Waals surface area contributed by atoms with Gasteiger partial charge in [-0.25, -0.2) is 0 Å². The van der Waals surface area contributed by atoms with E-state index in [0.717, 1.165) is 29.7 Å². The monoisotopic (exact) mass is 270 g/mol. The molecule has 0 heterocycles. The molecule has 1 unspecified atom stereocenters. The van der Waals surface area contributed by atoms with Crippen LogP contribution in [0, 0.1) is 6.92 Å². The molecular formula is C18H22O2. The zero-order valence-electron chi connectivity index (χ0n) is 12.2. The molecule has 2 nitrogen and oxygen atoms in total. The Labute approximate surface area is 121 Å². The van der Waals surface area contributed by atoms with Crippen LogP contribution in [0.1, 0.15) is 42.6 Å². The van der Waals surface area contributed by atoms with Crippen LogP contribution in [0.15, 0.2) is 48.5 Å². The summed E-state index contributed by atoms with van der Waals surface area (Å²) in [5.74, 6) is 0.804. The minimum atomic E-state index is -0.400. The van der Waals surface area contributed by atoms with E-state index in [9.17, 15) is 5.11 Å². The second-order valence-electron chi connectivity index (χ2n) is 5.15. The van der Waals surface area contributed by atoms with Gasteiger partial charge < -0.3 is 9.84 Å². The first-order valence-electron chi connectivity index (χ1n) is 7.15. The normalized spacial score (nSPS) is 12.2. The van der Waals surface area contributed by atoms with E-state index in [4.69, 9.17) is 4.74 Å². The summed E-state index contributed by atoms with van der Waals surface area (Å²) < 4.78 is 5.79. The summed E-state index contributed by atoms with van der Waals surface area (Å²) in [6.07, 6.45) is 1.35. The zero-order chi connectivity index (χ0) is 14.4. The summed E-state index contributed by atoms with van der Waals surface area (Å²) in [5.41, 5.74) is 3.32. The number of hydrogen-bond donors (Lipinski definition) is 1. The quantitative estimate of drug-likeness (QED) is 0.842. The average molecular weight is 270 g/mol. The van der Waals surface area contributed by atoms with Crippen LogP contribution in [0.4, 0.5) is 0 Å². The van der Waals surface area contributed by atoms with Crippen molar-refractivity contribution < 1.29 is 9.84 Å². The second-order valence-corrected chi connectivity index (χ2v) is 5.15. The van der Waals surface area contributed by atoms with Crippen LogP contribution in [0.3, 0.4) is 0 Å². The molecule has 0 aliphatic rings. The van der Waals surface area contributed by atoms with Crippen molar-refractivity contribution in [3.8, 4) is 5.75 Å². The molecule has 0 bridgehead atoms. The highest BCUT2D eigenvalue weighted by Gasteiger charge is 2.07. The number of ether oxygens (including phenoxy) is 1. The Morgan fingerprint density at radius 2 is 1.85 bits per heavy atom. The molecule has 1 atom stereocenters. The third-order valence-electron chi connectivity index (χ3n) is 3.33. The maximum atomic E-state index is 10.0. The lowest BCUT2D eigenvalue weighted by Gasteiger charge is -2.12. The molecule has 0 saturated carbocycles. The van der Waals surface area contributed by atoms with Gasteiger partial charge in [0, 0.05) is 0 Å². The summed E-state index contributed by atoms with van der Waals surface area (Å²) in [6, 6.07) is 16.0. The molecule has 2 heteroatoms. The van der Waals surface area contributed by atoms with Crippen molar-refractivity contribution in [3.63, 3.8) is 0 Å². The van der Waals surface area contributed by atoms with Crippen LogP contribution in [-0.4, -0.2) is 5.11 Å². The third-order valence-corrected chi connectivity index (χ3v) is 3.33. The zero-order valence-corrected chi connectivity index (χ0v) is 12.2. The third kappa shape index (κ3) is 4.10. The first-order chi connectivity index (χ1) is 9.69. The van der Waals surface area contributed by atoms with Crippen LogP contribution < -0.4 is 4.74 Å². The lowest BCUT2D eigenvalue weighted by atomic mass is 10.1. The van der Waals surface area contributed by atoms with E-state index < -0.39 is 6.10 Å². The van der Waals surface area contributed by atoms with Crippen LogP contribution in [-0.2, 0) is 6.61 Å². The second kappa shape index (κ2) is 7.11. The molecule has 0 aromatic heterocycles. The van der Waals surface area contributed by atoms with E-state index in [2.05, 4.69) is 38.1 Å². The van der Waals surface area contributed by atoms with Gasteiger partial charge in [0.25, 0.3) is 0 Å². The highest BCUT2D eigenvalue weighted by atomic mass is 16.5. The minimum Gasteiger partial charge on any atom is -0.489 e. The Balaban J connectivity index is 1.99. The van der Waals surface area contributed by atoms with Crippen molar-refractivity contribution >= 4 is 0 Å². The standard InChI is InChI=1S/C18H22O2/c1-3-5-18(19)16-6-4-7-17(12-16)20-13-15-10-8-14(2)9-11-15/h4,6-12,18-19H,3,5,13H2,1-2H3. The van der Waals surface area contributed by atoms with E-state index in [1.165, 1.54) is 5.56 Å². The fraction of sp³-hybridized carbons (Fsp3) is 0.333. The maximum absolute atomic E-state index is 10.0. The first kappa shape index (κ1) is 14.6. The minimum absolute atomic E-state index is 0.400. The number of benzene rings is 2. The van der Waals surface area contributed by atoms with Gasteiger partial charge in [-0.15, -0.1) is 0 Å². The predicted molar refractivity (Wildman–Crippen MR) is 81.8 cm³/mol. The van der Waals surface area contributed by atoms with Crippen LogP contribution >= 0.6 is 0 Å². The van der Waals surface area contributed by atoms with E-state index in [1.54, 1.807) is 0 Å². The summed E-state index contributed by atoms with van der Waals surface area (Å²) in [7, 11) is 0. The lowest BCUT2D eigenvalue weighted by Crippen LogP contribution is -1.99. The van der Waals surface area contributed by atoms with Crippen molar-refractivity contribution in [1.82, 2.24) is 0 Å². The predicted octanol–water partition coefficient (Wildman–Crippen LogP) is 4.41. The van der Waals surface area contributed by atoms with Crippen molar-refractivity contribution in [2.24, 2.45) is 0 Å². The van der Waals surface area contributed by atoms with E-state index in [-0.39, 0.29) is 0 Å². The Kier molecular flexibility index (Phi) is 5.19. The highest BCUT2D eigenvalue weighted by Crippen LogP contribution is 2.23. The molecule has 106 valence electrons. The Morgan fingerprint density at radius 1 is 1.10 bits per heavy atom. The smallest absolute Gasteiger partial charge is 0.120 e. The van der Waals surface area contributed by atoms with Gasteiger partial charge in [-0.05, 0) is 36.6 Å². The van der Waals surface area contributed by atoms with Gasteiger partial charge >= 0.3 is 0 Å². The number of rotatable bonds is 6. The van der Waals surface area contributed by atoms with Crippen molar-refractivity contribution in [2.45, 2.75) is 39.4 Å². The summed E-state index contributed by atoms with van der Waals surface area (Å²) in [4.78, 5) is 0. The maximum Gasteiger partial charge on any atom is 0.120 e. The molecule has 0 fully saturated rings. The lowest BCUT2D eigenvalue weighted by molar-refractivity contribution is 0.166. The topological polar surface area (TPSA) is 29.5 Å². The molecule has 1 N–H and O–H groups in total. The van der Waals surface area contributed by atoms with Gasteiger partial charge in [-0.1, -0.05) is 55.3 Å². The highest BCUT2D eigenvalue weighted by molar-refractivity contribution is 5.30. The molecule has 2 rings (SSSR count). The summed E-state index contributed by atoms with van der Waals surface area (Å²) >= 11 is 0. The largest absolute Gasteiger partial charge is 0.489 e. The van der Waals surface area contributed by atoms with Gasteiger partial charge in [0.1, 0.15) is 12.4 Å². The van der Waals surface area contributed by atoms with Crippen LogP contribution in [0.25, 0.3) is 0 Å². The van der Waals surface area contributed by atoms with Crippen LogP contribution in [0.2, 0.25) is 0 Å². The van der Waals surface area contributed by atoms with Gasteiger partial charge in [0.2, 0.25) is 0 Å². The molecule has 0 radical (unpaired) electrons. The first-order valence-corrected chi connectivity index (χ1v) is 7.15. The molecule has 2 aromatic carbocycles. The summed E-state index contributed by atoms with van der Waals surface area (Å²) in [6.45, 7) is 4.69. The van der Waals surface area contributed by atoms with Gasteiger partial charge in [0.15, 0.2) is 0 Å². The molecular weight excluding hydrogens is 248 g/mol. The number of aryl methyl sites for hydroxylation is 1. The SMILES string of the molecule is CCCC(O)c1cccc(OCc2ccc(C)cc2)c1. The summed E-state index contributed by atoms with van der Waals surface area (Å²) in [5, 5.41) is 10.0. The van der Waals surface area contributed by atoms with Crippen molar-refractivity contribution in [1.29, 1.82) is 0 Å². The molecule has 0 saturated heterocycles. The fourth-order valence-corrected chi connectivity index (χ4v) is 2.10. The van der Waals surface area contributed by atoms with Gasteiger partial charge in [0.05, 0.1) is 6.10 Å². The Bertz CT molecular complexity index is 531. The molecule has 20 heavy (non-hydrogen) atoms. The Morgan fingerprint density at radius 3 is 2.55 bits per heavy atom. The molecule has 0 amide bonds. The van der Waals surface area contributed by atoms with Crippen molar-refractivity contribution in [3.05, 3.63) is 65.2 Å². The number of aliphatic hydroxyl groups is 1. The van der Waals surface area contributed by atoms with E-state index in [1.807, 2.05) is 24.3 Å². The number of aliphatic hydroxyl groups excluding tert-OH is 1. The van der Waals surface area contributed by atoms with Gasteiger partial charge in [-0.2, -0.15) is 0 Å². The molecule has 0 aliphatic heterocycles. The number of hydrogen-bond acceptors (Lipinski definition) is 2.